The van der Waals surface area contributed by atoms with Crippen LogP contribution in [0.1, 0.15) is 23.6 Å². The van der Waals surface area contributed by atoms with Gasteiger partial charge < -0.3 is 10.1 Å². The summed E-state index contributed by atoms with van der Waals surface area (Å²) < 4.78 is 19.0. The molecule has 0 saturated heterocycles. The van der Waals surface area contributed by atoms with E-state index in [0.29, 0.717) is 6.61 Å². The highest BCUT2D eigenvalue weighted by molar-refractivity contribution is 5.53. The van der Waals surface area contributed by atoms with Crippen LogP contribution in [0, 0.1) is 12.7 Å². The van der Waals surface area contributed by atoms with Gasteiger partial charge in [-0.15, -0.1) is 0 Å². The van der Waals surface area contributed by atoms with E-state index in [1.54, 1.807) is 12.1 Å². The molecule has 19 heavy (non-hydrogen) atoms. The highest BCUT2D eigenvalue weighted by Gasteiger charge is 2.21. The normalized spacial score (nSPS) is 17.5. The largest absolute Gasteiger partial charge is 0.493 e. The van der Waals surface area contributed by atoms with Gasteiger partial charge in [0.15, 0.2) is 0 Å². The van der Waals surface area contributed by atoms with Crippen LogP contribution >= 0.6 is 0 Å². The van der Waals surface area contributed by atoms with Gasteiger partial charge in [0.2, 0.25) is 0 Å². The third kappa shape index (κ3) is 2.41. The van der Waals surface area contributed by atoms with Crippen LogP contribution in [0.5, 0.6) is 5.75 Å². The van der Waals surface area contributed by atoms with Gasteiger partial charge in [0, 0.05) is 17.7 Å². The molecular formula is C16H16FNO. The molecular weight excluding hydrogens is 241 g/mol. The van der Waals surface area contributed by atoms with Crippen LogP contribution < -0.4 is 10.1 Å². The number of ether oxygens (including phenoxy) is 1. The summed E-state index contributed by atoms with van der Waals surface area (Å²) in [5.41, 5.74) is 3.03. The molecule has 0 aliphatic carbocycles. The molecule has 0 amide bonds. The average Bonchev–Trinajstić information content (AvgIpc) is 2.43. The van der Waals surface area contributed by atoms with Crippen molar-refractivity contribution >= 4 is 5.69 Å². The molecule has 0 saturated carbocycles. The Morgan fingerprint density at radius 1 is 1.21 bits per heavy atom. The molecule has 1 unspecified atom stereocenters. The lowest BCUT2D eigenvalue weighted by Gasteiger charge is -2.28. The average molecular weight is 257 g/mol. The number of fused-ring (bicyclic) bond motifs is 1. The summed E-state index contributed by atoms with van der Waals surface area (Å²) in [6.07, 6.45) is 0.882. The van der Waals surface area contributed by atoms with E-state index in [-0.39, 0.29) is 11.9 Å². The maximum atomic E-state index is 13.3. The molecule has 0 bridgehead atoms. The molecule has 0 radical (unpaired) electrons. The fourth-order valence-corrected chi connectivity index (χ4v) is 2.43. The van der Waals surface area contributed by atoms with E-state index >= 15 is 0 Å². The van der Waals surface area contributed by atoms with E-state index in [4.69, 9.17) is 4.74 Å². The summed E-state index contributed by atoms with van der Waals surface area (Å²) >= 11 is 0. The second-order valence-electron chi connectivity index (χ2n) is 4.83. The van der Waals surface area contributed by atoms with Crippen LogP contribution in [0.15, 0.2) is 42.5 Å². The van der Waals surface area contributed by atoms with Crippen LogP contribution in [0.3, 0.4) is 0 Å². The first-order valence-corrected chi connectivity index (χ1v) is 6.48. The van der Waals surface area contributed by atoms with Gasteiger partial charge in [-0.3, -0.25) is 0 Å². The van der Waals surface area contributed by atoms with E-state index in [9.17, 15) is 4.39 Å². The smallest absolute Gasteiger partial charge is 0.125 e. The maximum absolute atomic E-state index is 13.3. The van der Waals surface area contributed by atoms with Crippen LogP contribution in [0.4, 0.5) is 10.1 Å². The van der Waals surface area contributed by atoms with Crippen molar-refractivity contribution in [3.05, 3.63) is 59.4 Å². The number of halogens is 1. The summed E-state index contributed by atoms with van der Waals surface area (Å²) in [4.78, 5) is 0. The summed E-state index contributed by atoms with van der Waals surface area (Å²) in [7, 11) is 0. The fraction of sp³-hybridized carbons (Fsp3) is 0.250. The van der Waals surface area contributed by atoms with Crippen molar-refractivity contribution in [3.63, 3.8) is 0 Å². The predicted octanol–water partition coefficient (Wildman–Crippen LogP) is 4.07. The molecule has 1 atom stereocenters. The van der Waals surface area contributed by atoms with Crippen molar-refractivity contribution in [2.75, 3.05) is 11.9 Å². The number of nitrogens with one attached hydrogen (secondary N) is 1. The second-order valence-corrected chi connectivity index (χ2v) is 4.83. The second kappa shape index (κ2) is 4.92. The van der Waals surface area contributed by atoms with E-state index in [2.05, 4.69) is 11.4 Å². The lowest BCUT2D eigenvalue weighted by atomic mass is 10.00. The lowest BCUT2D eigenvalue weighted by Crippen LogP contribution is -2.20. The van der Waals surface area contributed by atoms with Gasteiger partial charge >= 0.3 is 0 Å². The van der Waals surface area contributed by atoms with Gasteiger partial charge in [-0.25, -0.2) is 4.39 Å². The van der Waals surface area contributed by atoms with Gasteiger partial charge in [0.25, 0.3) is 0 Å². The first-order valence-electron chi connectivity index (χ1n) is 6.48. The number of hydrogen-bond donors (Lipinski definition) is 1. The van der Waals surface area contributed by atoms with E-state index in [1.165, 1.54) is 6.07 Å². The van der Waals surface area contributed by atoms with E-state index < -0.39 is 0 Å². The lowest BCUT2D eigenvalue weighted by molar-refractivity contribution is 0.274. The molecule has 3 rings (SSSR count). The zero-order valence-corrected chi connectivity index (χ0v) is 10.8. The van der Waals surface area contributed by atoms with Crippen LogP contribution in [0.2, 0.25) is 0 Å². The molecule has 98 valence electrons. The number of para-hydroxylation sites is 1. The molecule has 0 spiro atoms. The van der Waals surface area contributed by atoms with Crippen LogP contribution in [-0.2, 0) is 0 Å². The Bertz CT molecular complexity index is 597. The van der Waals surface area contributed by atoms with E-state index in [0.717, 1.165) is 29.0 Å². The third-order valence-electron chi connectivity index (χ3n) is 3.49. The van der Waals surface area contributed by atoms with Crippen molar-refractivity contribution < 1.29 is 9.13 Å². The minimum atomic E-state index is -0.214. The minimum absolute atomic E-state index is 0.172. The van der Waals surface area contributed by atoms with E-state index in [1.807, 2.05) is 25.1 Å². The highest BCUT2D eigenvalue weighted by Crippen LogP contribution is 2.34. The molecule has 1 aliphatic heterocycles. The Kier molecular flexibility index (Phi) is 3.11. The van der Waals surface area contributed by atoms with Gasteiger partial charge in [-0.2, -0.15) is 0 Å². The fourth-order valence-electron chi connectivity index (χ4n) is 2.43. The molecule has 1 heterocycles. The minimum Gasteiger partial charge on any atom is -0.493 e. The Balaban J connectivity index is 1.90. The van der Waals surface area contributed by atoms with Gasteiger partial charge in [-0.1, -0.05) is 24.3 Å². The molecule has 2 aromatic rings. The summed E-state index contributed by atoms with van der Waals surface area (Å²) in [6.45, 7) is 2.66. The van der Waals surface area contributed by atoms with Crippen molar-refractivity contribution in [2.45, 2.75) is 19.4 Å². The van der Waals surface area contributed by atoms with Gasteiger partial charge in [0.05, 0.1) is 12.6 Å². The number of benzene rings is 2. The molecule has 3 heteroatoms. The van der Waals surface area contributed by atoms with Gasteiger partial charge in [-0.05, 0) is 30.7 Å². The van der Waals surface area contributed by atoms with Crippen molar-refractivity contribution in [1.82, 2.24) is 0 Å². The molecule has 1 N–H and O–H groups in total. The number of aryl methyl sites for hydroxylation is 1. The Morgan fingerprint density at radius 2 is 2.05 bits per heavy atom. The number of anilines is 1. The van der Waals surface area contributed by atoms with Gasteiger partial charge in [0.1, 0.15) is 11.6 Å². The standard InChI is InChI=1S/C16H16FNO/c1-11-6-7-12(17)10-15(11)18-14-8-9-19-16-5-3-2-4-13(14)16/h2-7,10,14,18H,8-9H2,1H3. The predicted molar refractivity (Wildman–Crippen MR) is 74.1 cm³/mol. The Morgan fingerprint density at radius 3 is 2.95 bits per heavy atom. The molecule has 2 nitrogen and oxygen atoms in total. The number of hydrogen-bond acceptors (Lipinski definition) is 2. The molecule has 0 fully saturated rings. The molecule has 1 aliphatic rings. The van der Waals surface area contributed by atoms with Crippen LogP contribution in [0.25, 0.3) is 0 Å². The summed E-state index contributed by atoms with van der Waals surface area (Å²) in [6, 6.07) is 13.0. The summed E-state index contributed by atoms with van der Waals surface area (Å²) in [5, 5.41) is 3.43. The quantitative estimate of drug-likeness (QED) is 0.875. The Hall–Kier alpha value is -2.03. The SMILES string of the molecule is Cc1ccc(F)cc1NC1CCOc2ccccc21. The maximum Gasteiger partial charge on any atom is 0.125 e. The Labute approximate surface area is 112 Å². The highest BCUT2D eigenvalue weighted by atomic mass is 19.1. The zero-order chi connectivity index (χ0) is 13.2. The monoisotopic (exact) mass is 257 g/mol. The topological polar surface area (TPSA) is 21.3 Å². The first kappa shape index (κ1) is 12.0. The van der Waals surface area contributed by atoms with Crippen molar-refractivity contribution in [2.24, 2.45) is 0 Å². The van der Waals surface area contributed by atoms with Crippen LogP contribution in [-0.4, -0.2) is 6.61 Å². The zero-order valence-electron chi connectivity index (χ0n) is 10.8. The van der Waals surface area contributed by atoms with Crippen molar-refractivity contribution in [3.8, 4) is 5.75 Å². The third-order valence-corrected chi connectivity index (χ3v) is 3.49. The first-order chi connectivity index (χ1) is 9.24. The molecule has 2 aromatic carbocycles. The molecule has 0 aromatic heterocycles. The number of rotatable bonds is 2. The summed E-state index contributed by atoms with van der Waals surface area (Å²) in [5.74, 6) is 0.703. The van der Waals surface area contributed by atoms with Crippen molar-refractivity contribution in [1.29, 1.82) is 0 Å².